The van der Waals surface area contributed by atoms with Crippen molar-refractivity contribution >= 4 is 45.4 Å². The van der Waals surface area contributed by atoms with Crippen LogP contribution in [0.5, 0.6) is 0 Å². The molecule has 0 aliphatic carbocycles. The lowest BCUT2D eigenvalue weighted by atomic mass is 10.0. The summed E-state index contributed by atoms with van der Waals surface area (Å²) in [6, 6.07) is 12.5. The fourth-order valence-corrected chi connectivity index (χ4v) is 5.42. The summed E-state index contributed by atoms with van der Waals surface area (Å²) in [7, 11) is 0. The summed E-state index contributed by atoms with van der Waals surface area (Å²) in [6.45, 7) is 4.23. The van der Waals surface area contributed by atoms with Crippen molar-refractivity contribution in [2.45, 2.75) is 13.8 Å². The van der Waals surface area contributed by atoms with Crippen molar-refractivity contribution in [3.8, 4) is 32.3 Å². The highest BCUT2D eigenvalue weighted by molar-refractivity contribution is 7.16. The van der Waals surface area contributed by atoms with Crippen molar-refractivity contribution in [2.24, 2.45) is 0 Å². The van der Waals surface area contributed by atoms with Gasteiger partial charge >= 0.3 is 0 Å². The van der Waals surface area contributed by atoms with Gasteiger partial charge in [0.1, 0.15) is 16.7 Å². The summed E-state index contributed by atoms with van der Waals surface area (Å²) in [5.74, 6) is 0. The Hall–Kier alpha value is -2.48. The molecule has 27 heavy (non-hydrogen) atoms. The predicted molar refractivity (Wildman–Crippen MR) is 115 cm³/mol. The first-order valence-corrected chi connectivity index (χ1v) is 10.8. The van der Waals surface area contributed by atoms with E-state index in [2.05, 4.69) is 51.8 Å². The van der Waals surface area contributed by atoms with Crippen LogP contribution < -0.4 is 0 Å². The molecule has 5 aromatic rings. The van der Waals surface area contributed by atoms with Crippen molar-refractivity contribution in [1.29, 1.82) is 0 Å². The molecule has 5 heterocycles. The number of thiophene rings is 2. The molecule has 0 radical (unpaired) electrons. The first kappa shape index (κ1) is 16.7. The molecule has 5 aromatic heterocycles. The van der Waals surface area contributed by atoms with Gasteiger partial charge in [-0.1, -0.05) is 0 Å². The van der Waals surface area contributed by atoms with E-state index in [1.165, 1.54) is 26.4 Å². The van der Waals surface area contributed by atoms with E-state index in [-0.39, 0.29) is 0 Å². The van der Waals surface area contributed by atoms with E-state index in [0.717, 1.165) is 38.4 Å². The summed E-state index contributed by atoms with van der Waals surface area (Å²) in [6.07, 6.45) is 3.61. The molecule has 0 aliphatic rings. The van der Waals surface area contributed by atoms with Crippen LogP contribution in [0.3, 0.4) is 0 Å². The van der Waals surface area contributed by atoms with Crippen molar-refractivity contribution in [3.05, 3.63) is 58.5 Å². The van der Waals surface area contributed by atoms with Gasteiger partial charge in [0.05, 0.1) is 22.3 Å². The van der Waals surface area contributed by atoms with Crippen molar-refractivity contribution in [1.82, 2.24) is 18.7 Å². The maximum Gasteiger partial charge on any atom is 0.132 e. The summed E-state index contributed by atoms with van der Waals surface area (Å²) in [4.78, 5) is 14.1. The van der Waals surface area contributed by atoms with Crippen LogP contribution in [0, 0.1) is 13.8 Å². The van der Waals surface area contributed by atoms with Gasteiger partial charge < -0.3 is 0 Å². The number of aromatic nitrogens is 4. The smallest absolute Gasteiger partial charge is 0.132 e. The van der Waals surface area contributed by atoms with Crippen molar-refractivity contribution < 1.29 is 0 Å². The molecule has 0 aliphatic heterocycles. The Labute approximate surface area is 168 Å². The maximum atomic E-state index is 5.11. The minimum Gasteiger partial charge on any atom is -0.265 e. The molecule has 132 valence electrons. The zero-order valence-corrected chi connectivity index (χ0v) is 17.1. The van der Waals surface area contributed by atoms with Gasteiger partial charge in [0.2, 0.25) is 0 Å². The first-order valence-electron chi connectivity index (χ1n) is 8.41. The number of hydrogen-bond donors (Lipinski definition) is 0. The highest BCUT2D eigenvalue weighted by atomic mass is 32.1. The van der Waals surface area contributed by atoms with Gasteiger partial charge in [0.15, 0.2) is 0 Å². The lowest BCUT2D eigenvalue weighted by Crippen LogP contribution is -1.94. The minimum absolute atomic E-state index is 0.876. The number of pyridine rings is 2. The highest BCUT2D eigenvalue weighted by Gasteiger charge is 2.22. The molecule has 7 heteroatoms. The summed E-state index contributed by atoms with van der Waals surface area (Å²) < 4.78 is 9.27. The predicted octanol–water partition coefficient (Wildman–Crippen LogP) is 6.22. The van der Waals surface area contributed by atoms with E-state index >= 15 is 0 Å². The number of hydrogen-bond acceptors (Lipinski definition) is 7. The Morgan fingerprint density at radius 2 is 1.37 bits per heavy atom. The Morgan fingerprint density at radius 1 is 0.704 bits per heavy atom. The zero-order valence-electron chi connectivity index (χ0n) is 14.6. The molecule has 0 atom stereocenters. The summed E-state index contributed by atoms with van der Waals surface area (Å²) in [5, 5.41) is 0. The quantitative estimate of drug-likeness (QED) is 0.357. The second-order valence-corrected chi connectivity index (χ2v) is 9.31. The molecular weight excluding hydrogens is 392 g/mol. The monoisotopic (exact) mass is 406 g/mol. The lowest BCUT2D eigenvalue weighted by Gasteiger charge is -2.11. The number of fused-ring (bicyclic) bond motifs is 1. The van der Waals surface area contributed by atoms with Crippen LogP contribution in [0.4, 0.5) is 0 Å². The molecule has 0 saturated heterocycles. The highest BCUT2D eigenvalue weighted by Crippen LogP contribution is 2.43. The van der Waals surface area contributed by atoms with E-state index < -0.39 is 0 Å². The fraction of sp³-hybridized carbons (Fsp3) is 0.100. The Kier molecular flexibility index (Phi) is 4.07. The van der Waals surface area contributed by atoms with Gasteiger partial charge in [0.25, 0.3) is 0 Å². The third kappa shape index (κ3) is 2.88. The lowest BCUT2D eigenvalue weighted by molar-refractivity contribution is 1.30. The molecule has 0 unspecified atom stereocenters. The van der Waals surface area contributed by atoms with E-state index in [9.17, 15) is 0 Å². The van der Waals surface area contributed by atoms with Gasteiger partial charge in [-0.25, -0.2) is 4.98 Å². The summed E-state index contributed by atoms with van der Waals surface area (Å²) in [5.41, 5.74) is 5.72. The van der Waals surface area contributed by atoms with E-state index in [0.29, 0.717) is 0 Å². The topological polar surface area (TPSA) is 51.6 Å². The van der Waals surface area contributed by atoms with Crippen LogP contribution in [0.1, 0.15) is 9.75 Å². The Bertz CT molecular complexity index is 1250. The van der Waals surface area contributed by atoms with Crippen LogP contribution in [0.15, 0.2) is 48.8 Å². The third-order valence-corrected chi connectivity index (χ3v) is 6.88. The fourth-order valence-electron chi connectivity index (χ4n) is 3.10. The molecule has 0 bridgehead atoms. The first-order chi connectivity index (χ1) is 13.2. The Balaban J connectivity index is 1.89. The SMILES string of the molecule is Cc1ccc(-c2nc(-c3ccncc3)c(-c3ccc(C)s3)c3nsnc23)s1. The molecule has 4 nitrogen and oxygen atoms in total. The van der Waals surface area contributed by atoms with E-state index in [1.54, 1.807) is 35.1 Å². The maximum absolute atomic E-state index is 5.11. The zero-order chi connectivity index (χ0) is 18.4. The van der Waals surface area contributed by atoms with E-state index in [4.69, 9.17) is 4.98 Å². The average molecular weight is 407 g/mol. The van der Waals surface area contributed by atoms with Gasteiger partial charge in [-0.2, -0.15) is 8.75 Å². The van der Waals surface area contributed by atoms with Crippen LogP contribution >= 0.6 is 34.4 Å². The van der Waals surface area contributed by atoms with Crippen LogP contribution in [0.2, 0.25) is 0 Å². The largest absolute Gasteiger partial charge is 0.265 e. The van der Waals surface area contributed by atoms with Crippen LogP contribution in [0.25, 0.3) is 43.3 Å². The molecule has 0 fully saturated rings. The number of nitrogens with zero attached hydrogens (tertiary/aromatic N) is 4. The van der Waals surface area contributed by atoms with Gasteiger partial charge in [-0.15, -0.1) is 22.7 Å². The van der Waals surface area contributed by atoms with Gasteiger partial charge in [-0.3, -0.25) is 4.98 Å². The molecular formula is C20H14N4S3. The van der Waals surface area contributed by atoms with Gasteiger partial charge in [-0.05, 0) is 50.2 Å². The van der Waals surface area contributed by atoms with Crippen molar-refractivity contribution in [2.75, 3.05) is 0 Å². The molecule has 0 amide bonds. The second kappa shape index (κ2) is 6.60. The van der Waals surface area contributed by atoms with Crippen LogP contribution in [-0.4, -0.2) is 18.7 Å². The van der Waals surface area contributed by atoms with Crippen molar-refractivity contribution in [3.63, 3.8) is 0 Å². The van der Waals surface area contributed by atoms with Crippen LogP contribution in [-0.2, 0) is 0 Å². The molecule has 0 spiro atoms. The molecule has 0 N–H and O–H groups in total. The standard InChI is InChI=1S/C20H14N4S3/c1-11-3-5-14(25-11)16-17(13-7-9-21-10-8-13)22-18(15-6-4-12(2)26-15)20-19(16)23-27-24-20/h3-10H,1-2H3. The Morgan fingerprint density at radius 3 is 2.04 bits per heavy atom. The number of aryl methyl sites for hydroxylation is 2. The third-order valence-electron chi connectivity index (χ3n) is 4.32. The minimum atomic E-state index is 0.876. The average Bonchev–Trinajstić information content (AvgIpc) is 3.42. The number of rotatable bonds is 3. The second-order valence-electron chi connectivity index (χ2n) is 6.20. The van der Waals surface area contributed by atoms with E-state index in [1.807, 2.05) is 12.1 Å². The molecule has 0 saturated carbocycles. The normalized spacial score (nSPS) is 11.3. The molecule has 0 aromatic carbocycles. The summed E-state index contributed by atoms with van der Waals surface area (Å²) >= 11 is 4.74. The van der Waals surface area contributed by atoms with Gasteiger partial charge in [0, 0.05) is 38.2 Å². The molecule has 5 rings (SSSR count).